The Morgan fingerprint density at radius 1 is 1.21 bits per heavy atom. The summed E-state index contributed by atoms with van der Waals surface area (Å²) >= 11 is 7.19. The maximum absolute atomic E-state index is 12.5. The molecule has 0 aliphatic rings. The molecular weight excluding hydrogens is 400 g/mol. The summed E-state index contributed by atoms with van der Waals surface area (Å²) in [4.78, 5) is 23.1. The van der Waals surface area contributed by atoms with E-state index < -0.39 is 4.92 Å². The molecule has 0 saturated carbocycles. The second kappa shape index (κ2) is 8.53. The van der Waals surface area contributed by atoms with Crippen LogP contribution in [0.3, 0.4) is 0 Å². The zero-order chi connectivity index (χ0) is 20.3. The lowest BCUT2D eigenvalue weighted by atomic mass is 10.1. The summed E-state index contributed by atoms with van der Waals surface area (Å²) in [7, 11) is 0. The van der Waals surface area contributed by atoms with Crippen LogP contribution in [0.25, 0.3) is 11.4 Å². The first-order valence-electron chi connectivity index (χ1n) is 8.51. The Hall–Kier alpha value is -2.71. The highest BCUT2D eigenvalue weighted by molar-refractivity contribution is 7.99. The average molecular weight is 417 g/mol. The fourth-order valence-corrected chi connectivity index (χ4v) is 3.71. The second-order valence-electron chi connectivity index (χ2n) is 6.03. The Balaban J connectivity index is 1.78. The number of Topliss-reactive ketones (excluding diaryl/α,β-unsaturated/α-hetero) is 1. The third-order valence-electron chi connectivity index (χ3n) is 4.20. The third-order valence-corrected chi connectivity index (χ3v) is 5.41. The number of carbonyl (C=O) groups excluding carboxylic acids is 1. The van der Waals surface area contributed by atoms with Crippen LogP contribution in [-0.2, 0) is 6.54 Å². The minimum absolute atomic E-state index is 0.0578. The molecule has 1 heterocycles. The molecule has 0 unspecified atom stereocenters. The molecule has 144 valence electrons. The number of thioether (sulfide) groups is 1. The van der Waals surface area contributed by atoms with Gasteiger partial charge >= 0.3 is 0 Å². The predicted octanol–water partition coefficient (Wildman–Crippen LogP) is 4.81. The van der Waals surface area contributed by atoms with Gasteiger partial charge in [0.25, 0.3) is 5.69 Å². The van der Waals surface area contributed by atoms with Crippen LogP contribution in [0.2, 0.25) is 5.02 Å². The Bertz CT molecular complexity index is 1030. The second-order valence-corrected chi connectivity index (χ2v) is 7.41. The Labute approximate surface area is 170 Å². The van der Waals surface area contributed by atoms with E-state index in [-0.39, 0.29) is 17.2 Å². The number of nitrogens with zero attached hydrogens (tertiary/aromatic N) is 4. The van der Waals surface area contributed by atoms with Crippen molar-refractivity contribution in [2.75, 3.05) is 5.75 Å². The lowest BCUT2D eigenvalue weighted by Crippen LogP contribution is -2.06. The highest BCUT2D eigenvalue weighted by atomic mass is 35.5. The smallest absolute Gasteiger partial charge is 0.273 e. The van der Waals surface area contributed by atoms with Gasteiger partial charge in [-0.2, -0.15) is 0 Å². The van der Waals surface area contributed by atoms with Crippen molar-refractivity contribution in [3.63, 3.8) is 0 Å². The van der Waals surface area contributed by atoms with Crippen LogP contribution >= 0.6 is 23.4 Å². The number of benzene rings is 2. The van der Waals surface area contributed by atoms with E-state index in [0.29, 0.717) is 33.7 Å². The van der Waals surface area contributed by atoms with Gasteiger partial charge in [0.1, 0.15) is 0 Å². The maximum atomic E-state index is 12.5. The van der Waals surface area contributed by atoms with Gasteiger partial charge in [0.15, 0.2) is 16.8 Å². The van der Waals surface area contributed by atoms with Crippen molar-refractivity contribution in [1.29, 1.82) is 0 Å². The van der Waals surface area contributed by atoms with E-state index in [4.69, 9.17) is 11.6 Å². The molecule has 1 aromatic heterocycles. The SMILES string of the molecule is CCn1c(SCC(=O)c2ccc(C)c([N+](=O)[O-])c2)nnc1-c1ccc(Cl)cc1. The Morgan fingerprint density at radius 2 is 1.93 bits per heavy atom. The molecule has 0 fully saturated rings. The number of nitro benzene ring substituents is 1. The van der Waals surface area contributed by atoms with Crippen molar-refractivity contribution in [2.45, 2.75) is 25.5 Å². The summed E-state index contributed by atoms with van der Waals surface area (Å²) in [5, 5.41) is 20.8. The van der Waals surface area contributed by atoms with Gasteiger partial charge in [-0.05, 0) is 38.1 Å². The van der Waals surface area contributed by atoms with Gasteiger partial charge in [0, 0.05) is 34.3 Å². The summed E-state index contributed by atoms with van der Waals surface area (Å²) in [6.07, 6.45) is 0. The maximum Gasteiger partial charge on any atom is 0.273 e. The number of nitro groups is 1. The molecule has 7 nitrogen and oxygen atoms in total. The largest absolute Gasteiger partial charge is 0.302 e. The quantitative estimate of drug-likeness (QED) is 0.237. The highest BCUT2D eigenvalue weighted by Gasteiger charge is 2.18. The number of rotatable bonds is 7. The van der Waals surface area contributed by atoms with E-state index in [1.165, 1.54) is 17.8 Å². The molecule has 0 spiro atoms. The molecule has 0 aliphatic heterocycles. The number of ketones is 1. The summed E-state index contributed by atoms with van der Waals surface area (Å²) in [6, 6.07) is 11.8. The van der Waals surface area contributed by atoms with Crippen LogP contribution in [-0.4, -0.2) is 31.2 Å². The van der Waals surface area contributed by atoms with Crippen molar-refractivity contribution in [3.05, 3.63) is 68.7 Å². The van der Waals surface area contributed by atoms with Gasteiger partial charge in [0.05, 0.1) is 10.7 Å². The number of carbonyl (C=O) groups is 1. The summed E-state index contributed by atoms with van der Waals surface area (Å²) < 4.78 is 1.92. The lowest BCUT2D eigenvalue weighted by Gasteiger charge is -2.07. The molecule has 0 amide bonds. The monoisotopic (exact) mass is 416 g/mol. The minimum atomic E-state index is -0.481. The molecule has 0 atom stereocenters. The van der Waals surface area contributed by atoms with Crippen molar-refractivity contribution >= 4 is 34.8 Å². The summed E-state index contributed by atoms with van der Waals surface area (Å²) in [5.74, 6) is 0.603. The molecular formula is C19H17ClN4O3S. The summed E-state index contributed by atoms with van der Waals surface area (Å²) in [6.45, 7) is 4.25. The van der Waals surface area contributed by atoms with Crippen molar-refractivity contribution in [3.8, 4) is 11.4 Å². The molecule has 3 aromatic rings. The lowest BCUT2D eigenvalue weighted by molar-refractivity contribution is -0.385. The first-order valence-corrected chi connectivity index (χ1v) is 9.87. The zero-order valence-corrected chi connectivity index (χ0v) is 16.8. The first kappa shape index (κ1) is 20.0. The van der Waals surface area contributed by atoms with Crippen molar-refractivity contribution in [2.24, 2.45) is 0 Å². The van der Waals surface area contributed by atoms with Gasteiger partial charge in [-0.3, -0.25) is 14.9 Å². The van der Waals surface area contributed by atoms with Gasteiger partial charge in [-0.1, -0.05) is 35.5 Å². The first-order chi connectivity index (χ1) is 13.4. The third kappa shape index (κ3) is 4.23. The van der Waals surface area contributed by atoms with Gasteiger partial charge in [-0.25, -0.2) is 0 Å². The normalized spacial score (nSPS) is 10.8. The highest BCUT2D eigenvalue weighted by Crippen LogP contribution is 2.26. The Kier molecular flexibility index (Phi) is 6.11. The Morgan fingerprint density at radius 3 is 2.57 bits per heavy atom. The van der Waals surface area contributed by atoms with Crippen LogP contribution < -0.4 is 0 Å². The average Bonchev–Trinajstić information content (AvgIpc) is 3.09. The predicted molar refractivity (Wildman–Crippen MR) is 109 cm³/mol. The van der Waals surface area contributed by atoms with Crippen LogP contribution in [0.4, 0.5) is 5.69 Å². The van der Waals surface area contributed by atoms with E-state index in [1.54, 1.807) is 31.2 Å². The van der Waals surface area contributed by atoms with Gasteiger partial charge in [0.2, 0.25) is 0 Å². The number of aryl methyl sites for hydroxylation is 1. The zero-order valence-electron chi connectivity index (χ0n) is 15.3. The van der Waals surface area contributed by atoms with E-state index in [0.717, 1.165) is 5.56 Å². The van der Waals surface area contributed by atoms with Gasteiger partial charge < -0.3 is 4.57 Å². The minimum Gasteiger partial charge on any atom is -0.302 e. The van der Waals surface area contributed by atoms with E-state index >= 15 is 0 Å². The number of hydrogen-bond acceptors (Lipinski definition) is 6. The van der Waals surface area contributed by atoms with Gasteiger partial charge in [-0.15, -0.1) is 10.2 Å². The molecule has 0 radical (unpaired) electrons. The standard InChI is InChI=1S/C19H17ClN4O3S/c1-3-23-18(13-6-8-15(20)9-7-13)21-22-19(23)28-11-17(25)14-5-4-12(2)16(10-14)24(26)27/h4-10H,3,11H2,1-2H3. The topological polar surface area (TPSA) is 90.9 Å². The molecule has 2 aromatic carbocycles. The number of aromatic nitrogens is 3. The fraction of sp³-hybridized carbons (Fsp3) is 0.211. The van der Waals surface area contributed by atoms with E-state index in [2.05, 4.69) is 10.2 Å². The fourth-order valence-electron chi connectivity index (χ4n) is 2.69. The van der Waals surface area contributed by atoms with Crippen LogP contribution in [0.5, 0.6) is 0 Å². The van der Waals surface area contributed by atoms with Crippen LogP contribution in [0.1, 0.15) is 22.8 Å². The number of hydrogen-bond donors (Lipinski definition) is 0. The molecule has 28 heavy (non-hydrogen) atoms. The van der Waals surface area contributed by atoms with Crippen LogP contribution in [0, 0.1) is 17.0 Å². The van der Waals surface area contributed by atoms with Crippen LogP contribution in [0.15, 0.2) is 47.6 Å². The van der Waals surface area contributed by atoms with E-state index in [9.17, 15) is 14.9 Å². The van der Waals surface area contributed by atoms with Crippen molar-refractivity contribution < 1.29 is 9.72 Å². The molecule has 0 bridgehead atoms. The summed E-state index contributed by atoms with van der Waals surface area (Å²) in [5.41, 5.74) is 1.65. The van der Waals surface area contributed by atoms with Crippen molar-refractivity contribution in [1.82, 2.24) is 14.8 Å². The molecule has 0 saturated heterocycles. The van der Waals surface area contributed by atoms with E-state index in [1.807, 2.05) is 23.6 Å². The molecule has 0 N–H and O–H groups in total. The molecule has 0 aliphatic carbocycles. The number of halogens is 1. The molecule has 3 rings (SSSR count). The molecule has 9 heteroatoms.